The number of aryl methyl sites for hydroxylation is 1. The number of carbonyl (C=O) groups is 1. The summed E-state index contributed by atoms with van der Waals surface area (Å²) in [5.41, 5.74) is 7.36. The maximum atomic E-state index is 10.8. The number of primary amides is 1. The molecule has 2 N–H and O–H groups in total. The lowest BCUT2D eigenvalue weighted by molar-refractivity contribution is -0.117. The average Bonchev–Trinajstić information content (AvgIpc) is 2.73. The molecule has 1 aromatic carbocycles. The number of thioether (sulfide) groups is 1. The van der Waals surface area contributed by atoms with E-state index < -0.39 is 0 Å². The van der Waals surface area contributed by atoms with E-state index in [1.165, 1.54) is 0 Å². The molecule has 20 heavy (non-hydrogen) atoms. The number of rotatable bonds is 7. The summed E-state index contributed by atoms with van der Waals surface area (Å²) in [6.07, 6.45) is 1.50. The van der Waals surface area contributed by atoms with Crippen molar-refractivity contribution in [2.75, 3.05) is 5.75 Å². The van der Waals surface area contributed by atoms with E-state index in [-0.39, 0.29) is 5.91 Å². The van der Waals surface area contributed by atoms with E-state index in [2.05, 4.69) is 29.5 Å². The zero-order valence-electron chi connectivity index (χ0n) is 12.0. The Labute approximate surface area is 123 Å². The van der Waals surface area contributed by atoms with Crippen LogP contribution >= 0.6 is 11.8 Å². The van der Waals surface area contributed by atoms with Gasteiger partial charge < -0.3 is 10.3 Å². The molecule has 1 heterocycles. The van der Waals surface area contributed by atoms with Gasteiger partial charge in [-0.1, -0.05) is 37.7 Å². The van der Waals surface area contributed by atoms with Crippen molar-refractivity contribution in [1.82, 2.24) is 9.55 Å². The van der Waals surface area contributed by atoms with Crippen LogP contribution < -0.4 is 5.73 Å². The fraction of sp³-hybridized carbons (Fsp3) is 0.467. The Kier molecular flexibility index (Phi) is 5.06. The predicted molar refractivity (Wildman–Crippen MR) is 83.7 cm³/mol. The number of carbonyl (C=O) groups excluding carboxylic acids is 1. The Morgan fingerprint density at radius 1 is 1.40 bits per heavy atom. The van der Waals surface area contributed by atoms with E-state index in [0.717, 1.165) is 29.2 Å². The van der Waals surface area contributed by atoms with E-state index in [0.29, 0.717) is 18.1 Å². The fourth-order valence-electron chi connectivity index (χ4n) is 2.01. The third kappa shape index (κ3) is 3.76. The van der Waals surface area contributed by atoms with Crippen molar-refractivity contribution >= 4 is 28.7 Å². The van der Waals surface area contributed by atoms with Crippen LogP contribution in [0.2, 0.25) is 0 Å². The van der Waals surface area contributed by atoms with Gasteiger partial charge in [0.1, 0.15) is 0 Å². The maximum Gasteiger partial charge on any atom is 0.218 e. The molecule has 1 aromatic heterocycles. The summed E-state index contributed by atoms with van der Waals surface area (Å²) in [4.78, 5) is 15.5. The maximum absolute atomic E-state index is 10.8. The summed E-state index contributed by atoms with van der Waals surface area (Å²) in [6.45, 7) is 5.40. The number of fused-ring (bicyclic) bond motifs is 1. The zero-order chi connectivity index (χ0) is 14.5. The second-order valence-corrected chi connectivity index (χ2v) is 6.34. The van der Waals surface area contributed by atoms with Crippen molar-refractivity contribution in [3.05, 3.63) is 24.3 Å². The first-order chi connectivity index (χ1) is 9.58. The Balaban J connectivity index is 2.21. The number of hydrogen-bond donors (Lipinski definition) is 1. The largest absolute Gasteiger partial charge is 0.370 e. The molecule has 0 bridgehead atoms. The number of nitrogens with two attached hydrogens (primary N) is 1. The molecule has 0 atom stereocenters. The van der Waals surface area contributed by atoms with Crippen LogP contribution in [0, 0.1) is 5.92 Å². The Morgan fingerprint density at radius 2 is 2.15 bits per heavy atom. The SMILES string of the molecule is CC(C)CCn1c(SCCC(N)=O)nc2ccccc21. The van der Waals surface area contributed by atoms with Crippen LogP contribution in [0.4, 0.5) is 0 Å². The molecule has 0 spiro atoms. The van der Waals surface area contributed by atoms with Gasteiger partial charge in [-0.25, -0.2) is 4.98 Å². The molecule has 5 heteroatoms. The number of benzene rings is 1. The van der Waals surface area contributed by atoms with Crippen LogP contribution in [-0.4, -0.2) is 21.2 Å². The standard InChI is InChI=1S/C15H21N3OS/c1-11(2)7-9-18-13-6-4-3-5-12(13)17-15(18)20-10-8-14(16)19/h3-6,11H,7-10H2,1-2H3,(H2,16,19). The molecule has 0 saturated heterocycles. The van der Waals surface area contributed by atoms with Crippen LogP contribution in [0.1, 0.15) is 26.7 Å². The van der Waals surface area contributed by atoms with Crippen molar-refractivity contribution in [3.8, 4) is 0 Å². The van der Waals surface area contributed by atoms with Gasteiger partial charge in [-0.05, 0) is 24.5 Å². The highest BCUT2D eigenvalue weighted by molar-refractivity contribution is 7.99. The van der Waals surface area contributed by atoms with Gasteiger partial charge in [0.25, 0.3) is 0 Å². The molecule has 4 nitrogen and oxygen atoms in total. The van der Waals surface area contributed by atoms with Gasteiger partial charge in [-0.2, -0.15) is 0 Å². The number of imidazole rings is 1. The first kappa shape index (κ1) is 14.9. The number of aromatic nitrogens is 2. The molecule has 0 aliphatic heterocycles. The lowest BCUT2D eigenvalue weighted by atomic mass is 10.1. The number of para-hydroxylation sites is 2. The molecule has 0 aliphatic rings. The van der Waals surface area contributed by atoms with Crippen LogP contribution in [0.3, 0.4) is 0 Å². The molecule has 0 fully saturated rings. The van der Waals surface area contributed by atoms with Gasteiger partial charge in [-0.15, -0.1) is 0 Å². The minimum atomic E-state index is -0.262. The van der Waals surface area contributed by atoms with E-state index in [1.807, 2.05) is 18.2 Å². The Hall–Kier alpha value is -1.49. The van der Waals surface area contributed by atoms with Gasteiger partial charge in [0.15, 0.2) is 5.16 Å². The fourth-order valence-corrected chi connectivity index (χ4v) is 3.00. The first-order valence-corrected chi connectivity index (χ1v) is 7.93. The van der Waals surface area contributed by atoms with Gasteiger partial charge in [0.05, 0.1) is 11.0 Å². The minimum absolute atomic E-state index is 0.262. The molecule has 0 radical (unpaired) electrons. The quantitative estimate of drug-likeness (QED) is 0.798. The summed E-state index contributed by atoms with van der Waals surface area (Å²) >= 11 is 1.60. The summed E-state index contributed by atoms with van der Waals surface area (Å²) in [7, 11) is 0. The summed E-state index contributed by atoms with van der Waals surface area (Å²) in [5.74, 6) is 1.07. The van der Waals surface area contributed by atoms with Crippen LogP contribution in [0.15, 0.2) is 29.4 Å². The number of nitrogens with zero attached hydrogens (tertiary/aromatic N) is 2. The normalized spacial score (nSPS) is 11.3. The predicted octanol–water partition coefficient (Wildman–Crippen LogP) is 3.05. The monoisotopic (exact) mass is 291 g/mol. The number of hydrogen-bond acceptors (Lipinski definition) is 3. The van der Waals surface area contributed by atoms with Gasteiger partial charge in [0, 0.05) is 18.7 Å². The molecule has 0 aliphatic carbocycles. The van der Waals surface area contributed by atoms with Gasteiger partial charge in [-0.3, -0.25) is 4.79 Å². The van der Waals surface area contributed by atoms with Crippen molar-refractivity contribution in [2.45, 2.75) is 38.4 Å². The summed E-state index contributed by atoms with van der Waals surface area (Å²) in [5, 5.41) is 0.980. The van der Waals surface area contributed by atoms with E-state index in [1.54, 1.807) is 11.8 Å². The highest BCUT2D eigenvalue weighted by Crippen LogP contribution is 2.25. The Morgan fingerprint density at radius 3 is 2.85 bits per heavy atom. The van der Waals surface area contributed by atoms with E-state index in [4.69, 9.17) is 5.73 Å². The lowest BCUT2D eigenvalue weighted by Gasteiger charge is -2.10. The van der Waals surface area contributed by atoms with Crippen LogP contribution in [-0.2, 0) is 11.3 Å². The molecule has 0 unspecified atom stereocenters. The average molecular weight is 291 g/mol. The van der Waals surface area contributed by atoms with Crippen LogP contribution in [0.25, 0.3) is 11.0 Å². The minimum Gasteiger partial charge on any atom is -0.370 e. The molecule has 0 saturated carbocycles. The summed E-state index contributed by atoms with van der Waals surface area (Å²) < 4.78 is 2.25. The molecule has 2 aromatic rings. The first-order valence-electron chi connectivity index (χ1n) is 6.94. The van der Waals surface area contributed by atoms with Crippen molar-refractivity contribution in [3.63, 3.8) is 0 Å². The molecular weight excluding hydrogens is 270 g/mol. The third-order valence-electron chi connectivity index (χ3n) is 3.13. The second-order valence-electron chi connectivity index (χ2n) is 5.28. The van der Waals surface area contributed by atoms with E-state index in [9.17, 15) is 4.79 Å². The molecule has 1 amide bonds. The Bertz CT molecular complexity index is 592. The van der Waals surface area contributed by atoms with Crippen molar-refractivity contribution in [2.24, 2.45) is 11.7 Å². The second kappa shape index (κ2) is 6.79. The number of amides is 1. The topological polar surface area (TPSA) is 60.9 Å². The van der Waals surface area contributed by atoms with Crippen molar-refractivity contribution < 1.29 is 4.79 Å². The van der Waals surface area contributed by atoms with Crippen LogP contribution in [0.5, 0.6) is 0 Å². The van der Waals surface area contributed by atoms with Gasteiger partial charge in [0.2, 0.25) is 5.91 Å². The van der Waals surface area contributed by atoms with E-state index >= 15 is 0 Å². The van der Waals surface area contributed by atoms with Crippen molar-refractivity contribution in [1.29, 1.82) is 0 Å². The zero-order valence-corrected chi connectivity index (χ0v) is 12.8. The third-order valence-corrected chi connectivity index (χ3v) is 4.11. The molecule has 108 valence electrons. The lowest BCUT2D eigenvalue weighted by Crippen LogP contribution is -2.11. The summed E-state index contributed by atoms with van der Waals surface area (Å²) in [6, 6.07) is 8.16. The molecule has 2 rings (SSSR count). The van der Waals surface area contributed by atoms with Gasteiger partial charge >= 0.3 is 0 Å². The molecular formula is C15H21N3OS. The highest BCUT2D eigenvalue weighted by atomic mass is 32.2. The highest BCUT2D eigenvalue weighted by Gasteiger charge is 2.11. The smallest absolute Gasteiger partial charge is 0.218 e.